The van der Waals surface area contributed by atoms with Gasteiger partial charge in [0, 0.05) is 32.7 Å². The van der Waals surface area contributed by atoms with E-state index in [-0.39, 0.29) is 18.4 Å². The quantitative estimate of drug-likeness (QED) is 0.402. The summed E-state index contributed by atoms with van der Waals surface area (Å²) in [6.45, 7) is 1.63. The van der Waals surface area contributed by atoms with Crippen molar-refractivity contribution in [2.75, 3.05) is 36.5 Å². The van der Waals surface area contributed by atoms with Crippen molar-refractivity contribution in [2.24, 2.45) is 0 Å². The molecule has 0 aliphatic carbocycles. The zero-order valence-electron chi connectivity index (χ0n) is 17.5. The fourth-order valence-electron chi connectivity index (χ4n) is 4.14. The van der Waals surface area contributed by atoms with Crippen molar-refractivity contribution in [1.29, 1.82) is 0 Å². The average Bonchev–Trinajstić information content (AvgIpc) is 3.40. The zero-order valence-corrected chi connectivity index (χ0v) is 17.5. The number of anilines is 2. The van der Waals surface area contributed by atoms with E-state index in [4.69, 9.17) is 9.90 Å². The van der Waals surface area contributed by atoms with E-state index >= 15 is 0 Å². The number of nitrogens with one attached hydrogen (secondary N) is 2. The summed E-state index contributed by atoms with van der Waals surface area (Å²) in [5, 5.41) is 27.9. The van der Waals surface area contributed by atoms with Crippen LogP contribution in [0.1, 0.15) is 22.5 Å². The lowest BCUT2D eigenvalue weighted by Crippen LogP contribution is -2.53. The molecule has 0 bridgehead atoms. The third-order valence-electron chi connectivity index (χ3n) is 5.56. The van der Waals surface area contributed by atoms with Gasteiger partial charge in [0.1, 0.15) is 23.7 Å². The van der Waals surface area contributed by atoms with E-state index in [0.29, 0.717) is 36.7 Å². The van der Waals surface area contributed by atoms with Gasteiger partial charge >= 0.3 is 0 Å². The number of β-amino-alcohol motifs (C(OH)–C–C–N with tert-alkyl or cyclic N) is 1. The summed E-state index contributed by atoms with van der Waals surface area (Å²) in [4.78, 5) is 38.2. The smallest absolute Gasteiger partial charge is 0.290 e. The van der Waals surface area contributed by atoms with E-state index in [1.165, 1.54) is 6.33 Å². The maximum Gasteiger partial charge on any atom is 0.290 e. The Morgan fingerprint density at radius 2 is 2.09 bits per heavy atom. The third-order valence-corrected chi connectivity index (χ3v) is 5.56. The van der Waals surface area contributed by atoms with E-state index in [9.17, 15) is 9.90 Å². The predicted molar refractivity (Wildman–Crippen MR) is 116 cm³/mol. The van der Waals surface area contributed by atoms with E-state index < -0.39 is 6.10 Å². The fraction of sp³-hybridized carbons (Fsp3) is 0.400. The van der Waals surface area contributed by atoms with Gasteiger partial charge in [-0.05, 0) is 24.5 Å². The van der Waals surface area contributed by atoms with Crippen molar-refractivity contribution in [3.63, 3.8) is 0 Å². The van der Waals surface area contributed by atoms with Crippen LogP contribution in [0.5, 0.6) is 0 Å². The van der Waals surface area contributed by atoms with Crippen molar-refractivity contribution < 1.29 is 19.8 Å². The van der Waals surface area contributed by atoms with Crippen LogP contribution in [-0.4, -0.2) is 86.6 Å². The predicted octanol–water partition coefficient (Wildman–Crippen LogP) is -0.189. The van der Waals surface area contributed by atoms with Crippen LogP contribution in [0.4, 0.5) is 11.6 Å². The number of aromatic amines is 1. The van der Waals surface area contributed by atoms with Crippen LogP contribution in [0, 0.1) is 0 Å². The van der Waals surface area contributed by atoms with Gasteiger partial charge in [0.05, 0.1) is 17.7 Å². The van der Waals surface area contributed by atoms with Crippen molar-refractivity contribution in [3.05, 3.63) is 35.9 Å². The van der Waals surface area contributed by atoms with Gasteiger partial charge in [-0.2, -0.15) is 5.10 Å². The Bertz CT molecular complexity index is 1120. The minimum absolute atomic E-state index is 0.226. The minimum atomic E-state index is -0.579. The SMILES string of the molecule is CN1CCc2ccc(C(=O)N[C@H]3C[C@@H](O)CN(c4ncnc5[nH]ncc45)C3)nc21.O=CO. The topological polar surface area (TPSA) is 160 Å². The molecule has 0 saturated carbocycles. The molecule has 5 rings (SSSR count). The molecule has 3 aromatic rings. The van der Waals surface area contributed by atoms with Crippen molar-refractivity contribution in [1.82, 2.24) is 30.5 Å². The number of carboxylic acid groups (broad SMARTS) is 1. The number of fused-ring (bicyclic) bond motifs is 2. The molecule has 0 aromatic carbocycles. The first-order valence-electron chi connectivity index (χ1n) is 10.2. The first kappa shape index (κ1) is 21.4. The molecule has 1 amide bonds. The highest BCUT2D eigenvalue weighted by atomic mass is 16.3. The molecule has 2 aliphatic rings. The van der Waals surface area contributed by atoms with Gasteiger partial charge in [0.2, 0.25) is 0 Å². The highest BCUT2D eigenvalue weighted by Gasteiger charge is 2.30. The summed E-state index contributed by atoms with van der Waals surface area (Å²) >= 11 is 0. The number of likely N-dealkylation sites (N-methyl/N-ethyl adjacent to an activating group) is 1. The lowest BCUT2D eigenvalue weighted by Gasteiger charge is -2.36. The number of carbonyl (C=O) groups is 2. The van der Waals surface area contributed by atoms with Gasteiger partial charge in [0.25, 0.3) is 12.4 Å². The number of H-pyrrole nitrogens is 1. The van der Waals surface area contributed by atoms with Gasteiger partial charge in [-0.1, -0.05) is 6.07 Å². The summed E-state index contributed by atoms with van der Waals surface area (Å²) in [6, 6.07) is 3.51. The number of aromatic nitrogens is 5. The number of aliphatic hydroxyl groups excluding tert-OH is 1. The number of rotatable bonds is 3. The molecule has 4 N–H and O–H groups in total. The average molecular weight is 440 g/mol. The Hall–Kier alpha value is -3.80. The molecule has 0 spiro atoms. The number of nitrogens with zero attached hydrogens (tertiary/aromatic N) is 6. The highest BCUT2D eigenvalue weighted by Crippen LogP contribution is 2.26. The highest BCUT2D eigenvalue weighted by molar-refractivity contribution is 5.93. The Morgan fingerprint density at radius 3 is 2.91 bits per heavy atom. The Labute approximate surface area is 183 Å². The summed E-state index contributed by atoms with van der Waals surface area (Å²) in [5.74, 6) is 1.33. The van der Waals surface area contributed by atoms with Gasteiger partial charge < -0.3 is 25.3 Å². The van der Waals surface area contributed by atoms with Crippen LogP contribution in [0.25, 0.3) is 11.0 Å². The molecule has 12 nitrogen and oxygen atoms in total. The molecule has 168 valence electrons. The third kappa shape index (κ3) is 4.30. The van der Waals surface area contributed by atoms with Gasteiger partial charge in [-0.3, -0.25) is 14.7 Å². The molecule has 1 saturated heterocycles. The molecule has 1 fully saturated rings. The normalized spacial score (nSPS) is 19.8. The fourth-order valence-corrected chi connectivity index (χ4v) is 4.14. The monoisotopic (exact) mass is 440 g/mol. The number of piperidine rings is 1. The van der Waals surface area contributed by atoms with Crippen molar-refractivity contribution in [3.8, 4) is 0 Å². The number of pyridine rings is 1. The minimum Gasteiger partial charge on any atom is -0.483 e. The van der Waals surface area contributed by atoms with Gasteiger partial charge in [-0.15, -0.1) is 0 Å². The van der Waals surface area contributed by atoms with Crippen molar-refractivity contribution in [2.45, 2.75) is 25.0 Å². The van der Waals surface area contributed by atoms with Gasteiger partial charge in [-0.25, -0.2) is 15.0 Å². The molecular weight excluding hydrogens is 416 g/mol. The maximum absolute atomic E-state index is 12.8. The summed E-state index contributed by atoms with van der Waals surface area (Å²) in [7, 11) is 1.98. The molecule has 32 heavy (non-hydrogen) atoms. The molecule has 12 heteroatoms. The first-order chi connectivity index (χ1) is 15.5. The lowest BCUT2D eigenvalue weighted by molar-refractivity contribution is -0.122. The Morgan fingerprint density at radius 1 is 1.28 bits per heavy atom. The van der Waals surface area contributed by atoms with Crippen LogP contribution in [-0.2, 0) is 11.2 Å². The van der Waals surface area contributed by atoms with E-state index in [2.05, 4.69) is 35.4 Å². The molecule has 0 unspecified atom stereocenters. The second kappa shape index (κ2) is 9.14. The van der Waals surface area contributed by atoms with Crippen LogP contribution in [0.15, 0.2) is 24.7 Å². The largest absolute Gasteiger partial charge is 0.483 e. The number of hydrogen-bond acceptors (Lipinski definition) is 9. The number of amides is 1. The number of aliphatic hydroxyl groups is 1. The summed E-state index contributed by atoms with van der Waals surface area (Å²) < 4.78 is 0. The first-order valence-corrected chi connectivity index (χ1v) is 10.2. The molecule has 0 radical (unpaired) electrons. The molecule has 5 heterocycles. The van der Waals surface area contributed by atoms with Crippen LogP contribution < -0.4 is 15.1 Å². The Balaban J connectivity index is 0.000000775. The molecular formula is C20H24N8O4. The van der Waals surface area contributed by atoms with Crippen LogP contribution >= 0.6 is 0 Å². The van der Waals surface area contributed by atoms with Crippen molar-refractivity contribution >= 4 is 35.0 Å². The lowest BCUT2D eigenvalue weighted by atomic mass is 10.0. The zero-order chi connectivity index (χ0) is 22.7. The Kier molecular flexibility index (Phi) is 6.12. The van der Waals surface area contributed by atoms with Crippen LogP contribution in [0.3, 0.4) is 0 Å². The second-order valence-electron chi connectivity index (χ2n) is 7.75. The van der Waals surface area contributed by atoms with Gasteiger partial charge in [0.15, 0.2) is 5.65 Å². The summed E-state index contributed by atoms with van der Waals surface area (Å²) in [6.07, 6.45) is 3.99. The molecule has 2 atom stereocenters. The van der Waals surface area contributed by atoms with E-state index in [1.54, 1.807) is 12.3 Å². The maximum atomic E-state index is 12.8. The molecule has 3 aromatic heterocycles. The van der Waals surface area contributed by atoms with E-state index in [1.807, 2.05) is 18.0 Å². The summed E-state index contributed by atoms with van der Waals surface area (Å²) in [5.41, 5.74) is 2.20. The van der Waals surface area contributed by atoms with E-state index in [0.717, 1.165) is 29.7 Å². The standard InChI is InChI=1S/C19H22N8O2.CH2O2/c1-26-5-4-11-2-3-15(24-17(11)26)19(29)23-12-6-13(28)9-27(8-12)18-14-7-22-25-16(14)20-10-21-18;2-1-3/h2-3,7,10,12-13,28H,4-6,8-9H2,1H3,(H,23,29)(H,20,21,22,25);1H,(H,2,3)/t12-,13+;/m0./s1. The number of carbonyl (C=O) groups excluding carboxylic acids is 1. The van der Waals surface area contributed by atoms with Crippen LogP contribution in [0.2, 0.25) is 0 Å². The second-order valence-corrected chi connectivity index (χ2v) is 7.75. The number of hydrogen-bond donors (Lipinski definition) is 4. The molecule has 2 aliphatic heterocycles.